The van der Waals surface area contributed by atoms with Gasteiger partial charge >= 0.3 is 139 Å². The third-order valence-electron chi connectivity index (χ3n) is 1.69. The fraction of sp³-hybridized carbons (Fsp3) is 1.00. The van der Waals surface area contributed by atoms with Crippen molar-refractivity contribution in [2.45, 2.75) is 0 Å². The van der Waals surface area contributed by atoms with Crippen LogP contribution < -0.4 is 0 Å². The standard InChI is InChI=1S/2C5H11O3.Al.Na.2H/c2*1-7-4-5-8-3-2-6;;;;/h2*2-5H2,1H3;;;;/q2*-1;+3;;;-1. The summed E-state index contributed by atoms with van der Waals surface area (Å²) in [6.45, 7) is 4.69. The van der Waals surface area contributed by atoms with Crippen molar-refractivity contribution in [3.8, 4) is 0 Å². The van der Waals surface area contributed by atoms with Gasteiger partial charge < -0.3 is 1.43 Å². The second kappa shape index (κ2) is 20.6. The first-order chi connectivity index (χ1) is 8.41. The van der Waals surface area contributed by atoms with Gasteiger partial charge in [-0.1, -0.05) is 0 Å². The number of hydrogen-bond acceptors (Lipinski definition) is 6. The van der Waals surface area contributed by atoms with Crippen LogP contribution in [0.25, 0.3) is 0 Å². The molecule has 104 valence electrons. The van der Waals surface area contributed by atoms with E-state index in [-0.39, 0.29) is 31.0 Å². The molecule has 0 saturated heterocycles. The molecule has 0 fully saturated rings. The number of ether oxygens (including phenoxy) is 4. The van der Waals surface area contributed by atoms with Crippen molar-refractivity contribution in [1.29, 1.82) is 0 Å². The molecule has 0 aliphatic carbocycles. The monoisotopic (exact) mass is 290 g/mol. The molecule has 0 aliphatic heterocycles. The Balaban J connectivity index is -0.00000128. The minimum absolute atomic E-state index is 0. The predicted octanol–water partition coefficient (Wildman–Crippen LogP) is -0.656. The Bertz CT molecular complexity index is 135. The summed E-state index contributed by atoms with van der Waals surface area (Å²) >= 11 is -0.428. The Labute approximate surface area is 140 Å². The molecule has 0 aromatic heterocycles. The molecule has 18 heavy (non-hydrogen) atoms. The second-order valence-electron chi connectivity index (χ2n) is 3.05. The molecule has 0 saturated carbocycles. The molecule has 0 aliphatic rings. The van der Waals surface area contributed by atoms with E-state index in [0.29, 0.717) is 52.9 Å². The van der Waals surface area contributed by atoms with Crippen molar-refractivity contribution >= 4 is 45.4 Å². The molecule has 0 amide bonds. The molecule has 0 aromatic carbocycles. The average molecular weight is 290 g/mol. The predicted molar refractivity (Wildman–Crippen MR) is 71.3 cm³/mol. The SMILES string of the molecule is COCCOCC[O][Al+][O]CCOCCOC.[H-].[NaH]. The molecular formula is C10H24AlNaO6. The van der Waals surface area contributed by atoms with Crippen LogP contribution in [0.3, 0.4) is 0 Å². The quantitative estimate of drug-likeness (QED) is 0.313. The molecule has 0 N–H and O–H groups in total. The third kappa shape index (κ3) is 19.6. The Kier molecular flexibility index (Phi) is 24.7. The Morgan fingerprint density at radius 3 is 1.44 bits per heavy atom. The number of rotatable bonds is 14. The van der Waals surface area contributed by atoms with Crippen LogP contribution in [0.4, 0.5) is 0 Å². The van der Waals surface area contributed by atoms with Crippen LogP contribution in [0.5, 0.6) is 0 Å². The molecule has 0 radical (unpaired) electrons. The van der Waals surface area contributed by atoms with Crippen LogP contribution in [0.15, 0.2) is 0 Å². The molecule has 6 nitrogen and oxygen atoms in total. The van der Waals surface area contributed by atoms with E-state index >= 15 is 0 Å². The molecule has 0 aromatic rings. The minimum atomic E-state index is -0.428. The van der Waals surface area contributed by atoms with Gasteiger partial charge in [-0.2, -0.15) is 0 Å². The molecule has 0 spiro atoms. The van der Waals surface area contributed by atoms with Gasteiger partial charge in [-0.05, 0) is 0 Å². The molecule has 0 atom stereocenters. The second-order valence-corrected chi connectivity index (χ2v) is 3.91. The molecule has 0 bridgehead atoms. The van der Waals surface area contributed by atoms with E-state index in [1.165, 1.54) is 0 Å². The zero-order chi connectivity index (χ0) is 12.6. The molecule has 0 rings (SSSR count). The normalized spacial score (nSPS) is 9.89. The van der Waals surface area contributed by atoms with Gasteiger partial charge in [0.05, 0.1) is 0 Å². The first-order valence-corrected chi connectivity index (χ1v) is 6.54. The Morgan fingerprint density at radius 2 is 1.06 bits per heavy atom. The summed E-state index contributed by atoms with van der Waals surface area (Å²) in [5.41, 5.74) is 0. The topological polar surface area (TPSA) is 55.4 Å². The van der Waals surface area contributed by atoms with Gasteiger partial charge in [0.1, 0.15) is 0 Å². The maximum atomic E-state index is 5.26. The van der Waals surface area contributed by atoms with Crippen LogP contribution in [0, 0.1) is 0 Å². The van der Waals surface area contributed by atoms with Gasteiger partial charge in [-0.3, -0.25) is 0 Å². The van der Waals surface area contributed by atoms with Gasteiger partial charge in [0.15, 0.2) is 0 Å². The zero-order valence-corrected chi connectivity index (χ0v) is 11.8. The van der Waals surface area contributed by atoms with Crippen molar-refractivity contribution in [1.82, 2.24) is 0 Å². The van der Waals surface area contributed by atoms with E-state index in [1.54, 1.807) is 14.2 Å². The Morgan fingerprint density at radius 1 is 0.667 bits per heavy atom. The summed E-state index contributed by atoms with van der Waals surface area (Å²) in [6, 6.07) is 0. The summed E-state index contributed by atoms with van der Waals surface area (Å²) in [7, 11) is 3.29. The van der Waals surface area contributed by atoms with Gasteiger partial charge in [-0.15, -0.1) is 0 Å². The molecular weight excluding hydrogens is 266 g/mol. The van der Waals surface area contributed by atoms with E-state index < -0.39 is 15.9 Å². The average Bonchev–Trinajstić information content (AvgIpc) is 2.35. The van der Waals surface area contributed by atoms with Gasteiger partial charge in [0, 0.05) is 0 Å². The van der Waals surface area contributed by atoms with Crippen molar-refractivity contribution < 1.29 is 28.0 Å². The van der Waals surface area contributed by atoms with Crippen LogP contribution >= 0.6 is 0 Å². The van der Waals surface area contributed by atoms with Gasteiger partial charge in [0.25, 0.3) is 0 Å². The number of hydrogen-bond donors (Lipinski definition) is 0. The first kappa shape index (κ1) is 21.6. The van der Waals surface area contributed by atoms with Crippen molar-refractivity contribution in [2.75, 3.05) is 67.1 Å². The van der Waals surface area contributed by atoms with Crippen LogP contribution in [0.1, 0.15) is 1.43 Å². The van der Waals surface area contributed by atoms with Crippen LogP contribution in [-0.2, 0) is 26.5 Å². The van der Waals surface area contributed by atoms with E-state index in [2.05, 4.69) is 0 Å². The Hall–Kier alpha value is 1.29. The molecule has 0 heterocycles. The fourth-order valence-corrected chi connectivity index (χ4v) is 1.33. The zero-order valence-electron chi connectivity index (χ0n) is 11.7. The van der Waals surface area contributed by atoms with Gasteiger partial charge in [-0.25, -0.2) is 0 Å². The number of methoxy groups -OCH3 is 2. The molecule has 0 unspecified atom stereocenters. The van der Waals surface area contributed by atoms with Crippen molar-refractivity contribution in [3.63, 3.8) is 0 Å². The van der Waals surface area contributed by atoms with E-state index in [4.69, 9.17) is 26.5 Å². The van der Waals surface area contributed by atoms with Crippen molar-refractivity contribution in [2.24, 2.45) is 0 Å². The fourth-order valence-electron chi connectivity index (χ4n) is 0.847. The first-order valence-electron chi connectivity index (χ1n) is 5.60. The van der Waals surface area contributed by atoms with Crippen LogP contribution in [0.2, 0.25) is 0 Å². The third-order valence-corrected chi connectivity index (χ3v) is 2.43. The van der Waals surface area contributed by atoms with E-state index in [9.17, 15) is 0 Å². The summed E-state index contributed by atoms with van der Waals surface area (Å²) in [6.07, 6.45) is 0. The molecule has 8 heteroatoms. The van der Waals surface area contributed by atoms with Crippen molar-refractivity contribution in [3.05, 3.63) is 0 Å². The van der Waals surface area contributed by atoms with Gasteiger partial charge in [0.2, 0.25) is 0 Å². The summed E-state index contributed by atoms with van der Waals surface area (Å²) < 4.78 is 30.6. The summed E-state index contributed by atoms with van der Waals surface area (Å²) in [5.74, 6) is 0. The summed E-state index contributed by atoms with van der Waals surface area (Å²) in [5, 5.41) is 0. The van der Waals surface area contributed by atoms with E-state index in [0.717, 1.165) is 0 Å². The summed E-state index contributed by atoms with van der Waals surface area (Å²) in [4.78, 5) is 0. The maximum absolute atomic E-state index is 5.26. The van der Waals surface area contributed by atoms with Crippen LogP contribution in [-0.4, -0.2) is 113 Å². The van der Waals surface area contributed by atoms with E-state index in [1.807, 2.05) is 0 Å².